The van der Waals surface area contributed by atoms with E-state index in [-0.39, 0.29) is 23.5 Å². The van der Waals surface area contributed by atoms with Crippen LogP contribution in [0.2, 0.25) is 0 Å². The van der Waals surface area contributed by atoms with Crippen molar-refractivity contribution in [2.45, 2.75) is 13.5 Å². The number of aromatic hydroxyl groups is 1. The Balaban J connectivity index is 2.91. The third-order valence-corrected chi connectivity index (χ3v) is 2.22. The van der Waals surface area contributed by atoms with Crippen LogP contribution >= 0.6 is 0 Å². The molecule has 0 fully saturated rings. The number of aryl methyl sites for hydroxylation is 1. The Morgan fingerprint density at radius 1 is 1.33 bits per heavy atom. The van der Waals surface area contributed by atoms with Crippen molar-refractivity contribution in [3.05, 3.63) is 39.7 Å². The van der Waals surface area contributed by atoms with Gasteiger partial charge < -0.3 is 14.6 Å². The topological polar surface area (TPSA) is 70.7 Å². The molecule has 2 aromatic rings. The summed E-state index contributed by atoms with van der Waals surface area (Å²) in [6, 6.07) is 4.12. The molecular weight excluding hydrogens is 196 g/mol. The third kappa shape index (κ3) is 1.59. The highest BCUT2D eigenvalue weighted by Crippen LogP contribution is 2.22. The monoisotopic (exact) mass is 206 g/mol. The van der Waals surface area contributed by atoms with Crippen LogP contribution in [-0.4, -0.2) is 10.2 Å². The van der Waals surface area contributed by atoms with Crippen molar-refractivity contribution >= 4 is 11.0 Å². The van der Waals surface area contributed by atoms with Gasteiger partial charge in [-0.1, -0.05) is 0 Å². The Bertz CT molecular complexity index is 569. The van der Waals surface area contributed by atoms with Crippen LogP contribution in [0, 0.1) is 6.92 Å². The number of benzene rings is 1. The Labute approximate surface area is 85.4 Å². The summed E-state index contributed by atoms with van der Waals surface area (Å²) in [6.07, 6.45) is 0. The molecule has 2 rings (SSSR count). The predicted octanol–water partition coefficient (Wildman–Crippen LogP) is 1.30. The average molecular weight is 206 g/mol. The van der Waals surface area contributed by atoms with Crippen molar-refractivity contribution in [2.75, 3.05) is 0 Å². The number of rotatable bonds is 1. The van der Waals surface area contributed by atoms with Gasteiger partial charge in [0.15, 0.2) is 5.43 Å². The maximum absolute atomic E-state index is 11.6. The van der Waals surface area contributed by atoms with Gasteiger partial charge in [0.1, 0.15) is 23.7 Å². The summed E-state index contributed by atoms with van der Waals surface area (Å²) in [7, 11) is 0. The van der Waals surface area contributed by atoms with Crippen LogP contribution < -0.4 is 5.43 Å². The lowest BCUT2D eigenvalue weighted by Crippen LogP contribution is -2.03. The third-order valence-electron chi connectivity index (χ3n) is 2.22. The van der Waals surface area contributed by atoms with Crippen LogP contribution in [0.25, 0.3) is 11.0 Å². The van der Waals surface area contributed by atoms with Crippen molar-refractivity contribution in [3.63, 3.8) is 0 Å². The SMILES string of the molecule is Cc1cc(O)cc2oc(CO)cc(=O)c12. The van der Waals surface area contributed by atoms with E-state index in [1.54, 1.807) is 6.92 Å². The molecule has 0 radical (unpaired) electrons. The number of phenols is 1. The molecule has 1 aromatic carbocycles. The molecule has 1 aromatic heterocycles. The van der Waals surface area contributed by atoms with Gasteiger partial charge in [-0.15, -0.1) is 0 Å². The second-order valence-electron chi connectivity index (χ2n) is 3.37. The van der Waals surface area contributed by atoms with E-state index in [4.69, 9.17) is 9.52 Å². The number of fused-ring (bicyclic) bond motifs is 1. The van der Waals surface area contributed by atoms with E-state index < -0.39 is 0 Å². The number of phenolic OH excluding ortho intramolecular Hbond substituents is 1. The fourth-order valence-electron chi connectivity index (χ4n) is 1.60. The van der Waals surface area contributed by atoms with Gasteiger partial charge in [0.2, 0.25) is 0 Å². The molecule has 0 spiro atoms. The molecule has 1 heterocycles. The predicted molar refractivity (Wildman–Crippen MR) is 54.8 cm³/mol. The molecule has 2 N–H and O–H groups in total. The zero-order valence-corrected chi connectivity index (χ0v) is 8.15. The molecule has 0 atom stereocenters. The zero-order chi connectivity index (χ0) is 11.0. The van der Waals surface area contributed by atoms with E-state index >= 15 is 0 Å². The minimum absolute atomic E-state index is 0.0400. The van der Waals surface area contributed by atoms with E-state index in [1.165, 1.54) is 18.2 Å². The minimum Gasteiger partial charge on any atom is -0.508 e. The molecule has 0 amide bonds. The first kappa shape index (κ1) is 9.73. The maximum Gasteiger partial charge on any atom is 0.193 e. The van der Waals surface area contributed by atoms with Crippen LogP contribution in [0.4, 0.5) is 0 Å². The lowest BCUT2D eigenvalue weighted by molar-refractivity contribution is 0.248. The largest absolute Gasteiger partial charge is 0.508 e. The Morgan fingerprint density at radius 3 is 2.73 bits per heavy atom. The molecule has 78 valence electrons. The second-order valence-corrected chi connectivity index (χ2v) is 3.37. The Hall–Kier alpha value is -1.81. The van der Waals surface area contributed by atoms with E-state index in [2.05, 4.69) is 0 Å². The zero-order valence-electron chi connectivity index (χ0n) is 8.15. The van der Waals surface area contributed by atoms with Crippen LogP contribution in [0.3, 0.4) is 0 Å². The number of hydrogen-bond donors (Lipinski definition) is 2. The van der Waals surface area contributed by atoms with Crippen molar-refractivity contribution in [3.8, 4) is 5.75 Å². The van der Waals surface area contributed by atoms with Gasteiger partial charge in [0.05, 0.1) is 5.39 Å². The second kappa shape index (κ2) is 3.40. The van der Waals surface area contributed by atoms with Crippen molar-refractivity contribution in [1.82, 2.24) is 0 Å². The average Bonchev–Trinajstić information content (AvgIpc) is 2.15. The van der Waals surface area contributed by atoms with Crippen LogP contribution in [-0.2, 0) is 6.61 Å². The lowest BCUT2D eigenvalue weighted by atomic mass is 10.1. The molecule has 0 unspecified atom stereocenters. The highest BCUT2D eigenvalue weighted by Gasteiger charge is 2.08. The van der Waals surface area contributed by atoms with E-state index in [1.807, 2.05) is 0 Å². The Morgan fingerprint density at radius 2 is 2.07 bits per heavy atom. The molecule has 0 aliphatic rings. The summed E-state index contributed by atoms with van der Waals surface area (Å²) in [6.45, 7) is 1.39. The molecule has 0 saturated heterocycles. The molecule has 4 heteroatoms. The van der Waals surface area contributed by atoms with Gasteiger partial charge in [-0.3, -0.25) is 4.79 Å². The summed E-state index contributed by atoms with van der Waals surface area (Å²) in [5.74, 6) is 0.232. The summed E-state index contributed by atoms with van der Waals surface area (Å²) in [4.78, 5) is 11.6. The standard InChI is InChI=1S/C11H10O4/c1-6-2-7(13)3-10-11(6)9(14)4-8(5-12)15-10/h2-4,12-13H,5H2,1H3. The maximum atomic E-state index is 11.6. The van der Waals surface area contributed by atoms with Crippen LogP contribution in [0.5, 0.6) is 5.75 Å². The van der Waals surface area contributed by atoms with E-state index in [0.29, 0.717) is 16.5 Å². The summed E-state index contributed by atoms with van der Waals surface area (Å²) in [5, 5.41) is 18.6. The van der Waals surface area contributed by atoms with Crippen molar-refractivity contribution < 1.29 is 14.6 Å². The number of aliphatic hydroxyl groups is 1. The van der Waals surface area contributed by atoms with Gasteiger partial charge in [0.25, 0.3) is 0 Å². The Kier molecular flexibility index (Phi) is 2.21. The highest BCUT2D eigenvalue weighted by atomic mass is 16.4. The molecule has 0 saturated carbocycles. The van der Waals surface area contributed by atoms with Gasteiger partial charge in [-0.2, -0.15) is 0 Å². The van der Waals surface area contributed by atoms with Gasteiger partial charge in [-0.05, 0) is 18.6 Å². The summed E-state index contributed by atoms with van der Waals surface area (Å²) in [5.41, 5.74) is 0.741. The van der Waals surface area contributed by atoms with Crippen LogP contribution in [0.1, 0.15) is 11.3 Å². The van der Waals surface area contributed by atoms with Crippen LogP contribution in [0.15, 0.2) is 27.4 Å². The van der Waals surface area contributed by atoms with Crippen molar-refractivity contribution in [1.29, 1.82) is 0 Å². The summed E-state index contributed by atoms with van der Waals surface area (Å²) >= 11 is 0. The molecular formula is C11H10O4. The fourth-order valence-corrected chi connectivity index (χ4v) is 1.60. The molecule has 4 nitrogen and oxygen atoms in total. The summed E-state index contributed by atoms with van der Waals surface area (Å²) < 4.78 is 5.24. The molecule has 0 bridgehead atoms. The first-order chi connectivity index (χ1) is 7.11. The highest BCUT2D eigenvalue weighted by molar-refractivity contribution is 5.81. The fraction of sp³-hybridized carbons (Fsp3) is 0.182. The minimum atomic E-state index is -0.333. The molecule has 0 aliphatic heterocycles. The normalized spacial score (nSPS) is 10.8. The molecule has 0 aliphatic carbocycles. The van der Waals surface area contributed by atoms with Gasteiger partial charge >= 0.3 is 0 Å². The number of aliphatic hydroxyl groups excluding tert-OH is 1. The lowest BCUT2D eigenvalue weighted by Gasteiger charge is -2.03. The molecule has 15 heavy (non-hydrogen) atoms. The quantitative estimate of drug-likeness (QED) is 0.737. The number of hydrogen-bond acceptors (Lipinski definition) is 4. The van der Waals surface area contributed by atoms with Crippen molar-refractivity contribution in [2.24, 2.45) is 0 Å². The van der Waals surface area contributed by atoms with Gasteiger partial charge in [-0.25, -0.2) is 0 Å². The first-order valence-corrected chi connectivity index (χ1v) is 4.49. The van der Waals surface area contributed by atoms with Gasteiger partial charge in [0, 0.05) is 12.1 Å². The smallest absolute Gasteiger partial charge is 0.193 e. The first-order valence-electron chi connectivity index (χ1n) is 4.49. The van der Waals surface area contributed by atoms with E-state index in [9.17, 15) is 9.90 Å². The van der Waals surface area contributed by atoms with E-state index in [0.717, 1.165) is 0 Å².